The van der Waals surface area contributed by atoms with Crippen LogP contribution in [0.5, 0.6) is 23.0 Å². The van der Waals surface area contributed by atoms with Gasteiger partial charge in [-0.1, -0.05) is 13.8 Å². The second-order valence-electron chi connectivity index (χ2n) is 6.32. The van der Waals surface area contributed by atoms with Gasteiger partial charge in [-0.2, -0.15) is 0 Å². The normalized spacial score (nSPS) is 14.2. The Hall–Kier alpha value is -1.62. The van der Waals surface area contributed by atoms with Crippen LogP contribution < -0.4 is 9.47 Å². The van der Waals surface area contributed by atoms with E-state index in [9.17, 15) is 15.0 Å². The summed E-state index contributed by atoms with van der Waals surface area (Å²) in [5.41, 5.74) is -0.158. The first-order valence-electron chi connectivity index (χ1n) is 7.44. The first kappa shape index (κ1) is 19.4. The van der Waals surface area contributed by atoms with E-state index in [-0.39, 0.29) is 34.5 Å². The molecule has 2 unspecified atom stereocenters. The van der Waals surface area contributed by atoms with Crippen LogP contribution in [0.4, 0.5) is 0 Å². The molecular weight excluding hydrogens is 320 g/mol. The highest BCUT2D eigenvalue weighted by atomic mass is 35.5. The summed E-state index contributed by atoms with van der Waals surface area (Å²) in [4.78, 5) is 12.2. The molecule has 0 radical (unpaired) electrons. The Morgan fingerprint density at radius 3 is 2.26 bits per heavy atom. The Morgan fingerprint density at radius 1 is 1.26 bits per heavy atom. The number of alkyl halides is 1. The fourth-order valence-corrected chi connectivity index (χ4v) is 2.46. The van der Waals surface area contributed by atoms with Crippen LogP contribution in [0.1, 0.15) is 44.5 Å². The minimum Gasteiger partial charge on any atom is -0.507 e. The molecule has 0 aliphatic carbocycles. The number of carbonyl (C=O) groups is 1. The number of Topliss-reactive ketones (excluding diaryl/α,β-unsaturated/α-hetero) is 1. The minimum atomic E-state index is -0.448. The maximum absolute atomic E-state index is 12.7. The molecule has 0 bridgehead atoms. The van der Waals surface area contributed by atoms with Gasteiger partial charge in [0.2, 0.25) is 5.75 Å². The molecule has 1 aromatic carbocycles. The van der Waals surface area contributed by atoms with Crippen molar-refractivity contribution in [3.8, 4) is 23.0 Å². The molecule has 0 saturated heterocycles. The number of ether oxygens (including phenoxy) is 2. The summed E-state index contributed by atoms with van der Waals surface area (Å²) in [5.74, 6) is -1.29. The van der Waals surface area contributed by atoms with E-state index < -0.39 is 16.5 Å². The third-order valence-electron chi connectivity index (χ3n) is 4.20. The van der Waals surface area contributed by atoms with E-state index in [0.717, 1.165) is 0 Å². The van der Waals surface area contributed by atoms with Gasteiger partial charge in [-0.05, 0) is 26.2 Å². The zero-order chi connectivity index (χ0) is 17.9. The van der Waals surface area contributed by atoms with Crippen LogP contribution >= 0.6 is 11.6 Å². The van der Waals surface area contributed by atoms with Crippen LogP contribution in [-0.4, -0.2) is 35.1 Å². The van der Waals surface area contributed by atoms with Gasteiger partial charge in [0.1, 0.15) is 11.3 Å². The van der Waals surface area contributed by atoms with E-state index in [4.69, 9.17) is 21.1 Å². The second kappa shape index (κ2) is 7.30. The quantitative estimate of drug-likeness (QED) is 0.578. The van der Waals surface area contributed by atoms with Crippen LogP contribution in [0.2, 0.25) is 0 Å². The lowest BCUT2D eigenvalue weighted by molar-refractivity contribution is 0.0903. The highest BCUT2D eigenvalue weighted by Crippen LogP contribution is 2.45. The molecule has 23 heavy (non-hydrogen) atoms. The third-order valence-corrected chi connectivity index (χ3v) is 4.57. The SMILES string of the molecule is COc1cc(O)c(C(=O)C(C)CC(C)C(C)(C)Cl)c(O)c1OC. The van der Waals surface area contributed by atoms with Gasteiger partial charge in [-0.15, -0.1) is 11.6 Å². The van der Waals surface area contributed by atoms with E-state index >= 15 is 0 Å². The molecule has 0 fully saturated rings. The fraction of sp³-hybridized carbons (Fsp3) is 0.588. The van der Waals surface area contributed by atoms with Crippen LogP contribution in [-0.2, 0) is 0 Å². The van der Waals surface area contributed by atoms with Gasteiger partial charge in [0.05, 0.1) is 14.2 Å². The summed E-state index contributed by atoms with van der Waals surface area (Å²) < 4.78 is 10.1. The minimum absolute atomic E-state index is 0.0200. The molecule has 0 spiro atoms. The maximum atomic E-state index is 12.7. The van der Waals surface area contributed by atoms with Gasteiger partial charge in [0.25, 0.3) is 0 Å². The largest absolute Gasteiger partial charge is 0.507 e. The van der Waals surface area contributed by atoms with Crippen LogP contribution in [0, 0.1) is 11.8 Å². The zero-order valence-electron chi connectivity index (χ0n) is 14.4. The molecule has 0 aliphatic rings. The number of phenols is 2. The lowest BCUT2D eigenvalue weighted by atomic mass is 9.84. The molecule has 0 aromatic heterocycles. The summed E-state index contributed by atoms with van der Waals surface area (Å²) >= 11 is 6.28. The van der Waals surface area contributed by atoms with Crippen molar-refractivity contribution in [2.75, 3.05) is 14.2 Å². The topological polar surface area (TPSA) is 76.0 Å². The number of phenolic OH excluding ortho intramolecular Hbond substituents is 2. The lowest BCUT2D eigenvalue weighted by Crippen LogP contribution is -2.26. The van der Waals surface area contributed by atoms with Crippen molar-refractivity contribution in [3.63, 3.8) is 0 Å². The number of carbonyl (C=O) groups excluding carboxylic acids is 1. The van der Waals surface area contributed by atoms with E-state index in [0.29, 0.717) is 6.42 Å². The van der Waals surface area contributed by atoms with Crippen molar-refractivity contribution in [1.29, 1.82) is 0 Å². The van der Waals surface area contributed by atoms with E-state index in [1.165, 1.54) is 20.3 Å². The summed E-state index contributed by atoms with van der Waals surface area (Å²) in [6.07, 6.45) is 0.530. The lowest BCUT2D eigenvalue weighted by Gasteiger charge is -2.27. The van der Waals surface area contributed by atoms with Crippen LogP contribution in [0.25, 0.3) is 0 Å². The Labute approximate surface area is 142 Å². The molecule has 0 aliphatic heterocycles. The standard InChI is InChI=1S/C17H25ClO5/c1-9(7-10(2)17(3,4)18)14(20)13-11(19)8-12(22-5)16(23-6)15(13)21/h8-10,19,21H,7H2,1-6H3. The monoisotopic (exact) mass is 344 g/mol. The number of hydrogen-bond donors (Lipinski definition) is 2. The molecule has 130 valence electrons. The van der Waals surface area contributed by atoms with Gasteiger partial charge in [0.15, 0.2) is 17.3 Å². The highest BCUT2D eigenvalue weighted by molar-refractivity contribution is 6.23. The Bertz CT molecular complexity index is 577. The van der Waals surface area contributed by atoms with Gasteiger partial charge >= 0.3 is 0 Å². The predicted molar refractivity (Wildman–Crippen MR) is 90.1 cm³/mol. The van der Waals surface area contributed by atoms with Crippen molar-refractivity contribution >= 4 is 17.4 Å². The first-order valence-corrected chi connectivity index (χ1v) is 7.82. The summed E-state index contributed by atoms with van der Waals surface area (Å²) in [6, 6.07) is 1.26. The van der Waals surface area contributed by atoms with Crippen LogP contribution in [0.3, 0.4) is 0 Å². The van der Waals surface area contributed by atoms with E-state index in [2.05, 4.69) is 0 Å². The second-order valence-corrected chi connectivity index (χ2v) is 7.30. The van der Waals surface area contributed by atoms with Gasteiger partial charge in [0, 0.05) is 16.9 Å². The highest BCUT2D eigenvalue weighted by Gasteiger charge is 2.31. The molecule has 2 N–H and O–H groups in total. The van der Waals surface area contributed by atoms with E-state index in [1.54, 1.807) is 6.92 Å². The van der Waals surface area contributed by atoms with Gasteiger partial charge in [-0.25, -0.2) is 0 Å². The van der Waals surface area contributed by atoms with Crippen molar-refractivity contribution in [1.82, 2.24) is 0 Å². The molecule has 0 amide bonds. The Kier molecular flexibility index (Phi) is 6.17. The molecule has 5 nitrogen and oxygen atoms in total. The average molecular weight is 345 g/mol. The Balaban J connectivity index is 3.18. The average Bonchev–Trinajstić information content (AvgIpc) is 2.45. The van der Waals surface area contributed by atoms with Crippen LogP contribution in [0.15, 0.2) is 6.07 Å². The summed E-state index contributed by atoms with van der Waals surface area (Å²) in [5, 5.41) is 20.4. The molecule has 2 atom stereocenters. The smallest absolute Gasteiger partial charge is 0.204 e. The number of methoxy groups -OCH3 is 2. The fourth-order valence-electron chi connectivity index (χ4n) is 2.37. The predicted octanol–water partition coefficient (Wildman–Crippen LogP) is 3.98. The van der Waals surface area contributed by atoms with Crippen molar-refractivity contribution in [3.05, 3.63) is 11.6 Å². The van der Waals surface area contributed by atoms with E-state index in [1.807, 2.05) is 20.8 Å². The molecule has 6 heteroatoms. The molecule has 0 saturated carbocycles. The number of rotatable bonds is 7. The molecule has 1 aromatic rings. The molecule has 1 rings (SSSR count). The number of halogens is 1. The maximum Gasteiger partial charge on any atom is 0.204 e. The number of benzene rings is 1. The third kappa shape index (κ3) is 4.22. The first-order chi connectivity index (χ1) is 10.5. The van der Waals surface area contributed by atoms with Gasteiger partial charge < -0.3 is 19.7 Å². The van der Waals surface area contributed by atoms with Crippen molar-refractivity contribution in [2.45, 2.75) is 39.0 Å². The zero-order valence-corrected chi connectivity index (χ0v) is 15.2. The van der Waals surface area contributed by atoms with Crippen molar-refractivity contribution in [2.24, 2.45) is 11.8 Å². The molecular formula is C17H25ClO5. The molecule has 0 heterocycles. The van der Waals surface area contributed by atoms with Crippen molar-refractivity contribution < 1.29 is 24.5 Å². The summed E-state index contributed by atoms with van der Waals surface area (Å²) in [6.45, 7) is 7.49. The van der Waals surface area contributed by atoms with Gasteiger partial charge in [-0.3, -0.25) is 4.79 Å². The number of ketones is 1. The number of hydrogen-bond acceptors (Lipinski definition) is 5. The number of aromatic hydroxyl groups is 2. The Morgan fingerprint density at radius 2 is 1.83 bits per heavy atom. The summed E-state index contributed by atoms with van der Waals surface area (Å²) in [7, 11) is 2.73.